The molecule has 0 radical (unpaired) electrons. The molecule has 2 aromatic carbocycles. The molecule has 0 aliphatic heterocycles. The minimum absolute atomic E-state index is 0.0410. The maximum Gasteiger partial charge on any atom is 0.416 e. The summed E-state index contributed by atoms with van der Waals surface area (Å²) in [6.45, 7) is 2.68. The fraction of sp³-hybridized carbons (Fsp3) is 0.269. The Morgan fingerprint density at radius 2 is 1.86 bits per heavy atom. The van der Waals surface area contributed by atoms with E-state index >= 15 is 0 Å². The quantitative estimate of drug-likeness (QED) is 0.248. The Kier molecular flexibility index (Phi) is 7.66. The molecular weight excluding hydrogens is 469 g/mol. The van der Waals surface area contributed by atoms with E-state index in [1.165, 1.54) is 12.1 Å². The van der Waals surface area contributed by atoms with Crippen LogP contribution >= 0.6 is 0 Å². The summed E-state index contributed by atoms with van der Waals surface area (Å²) in [5.41, 5.74) is 8.41. The first-order valence-electron chi connectivity index (χ1n) is 11.5. The Morgan fingerprint density at radius 3 is 2.58 bits per heavy atom. The number of nitrogens with one attached hydrogen (secondary N) is 3. The lowest BCUT2D eigenvalue weighted by atomic mass is 9.95. The molecule has 5 N–H and O–H groups in total. The summed E-state index contributed by atoms with van der Waals surface area (Å²) in [6.07, 6.45) is -0.928. The van der Waals surface area contributed by atoms with Crippen LogP contribution in [0.15, 0.2) is 60.9 Å². The summed E-state index contributed by atoms with van der Waals surface area (Å²) < 4.78 is 40.6. The molecule has 1 atom stereocenters. The van der Waals surface area contributed by atoms with E-state index in [4.69, 9.17) is 5.73 Å². The number of fused-ring (bicyclic) bond motifs is 1. The van der Waals surface area contributed by atoms with Crippen molar-refractivity contribution in [3.05, 3.63) is 77.6 Å². The highest BCUT2D eigenvalue weighted by atomic mass is 19.4. The van der Waals surface area contributed by atoms with Crippen molar-refractivity contribution in [1.29, 1.82) is 0 Å². The summed E-state index contributed by atoms with van der Waals surface area (Å²) >= 11 is 0. The number of benzene rings is 2. The zero-order valence-electron chi connectivity index (χ0n) is 19.7. The van der Waals surface area contributed by atoms with Gasteiger partial charge in [-0.1, -0.05) is 37.3 Å². The number of carbonyl (C=O) groups is 1. The van der Waals surface area contributed by atoms with Gasteiger partial charge in [0.05, 0.1) is 11.8 Å². The number of hydrogen-bond acceptors (Lipinski definition) is 5. The molecule has 0 aliphatic rings. The van der Waals surface area contributed by atoms with Gasteiger partial charge in [0.15, 0.2) is 5.65 Å². The molecule has 1 amide bonds. The third-order valence-electron chi connectivity index (χ3n) is 5.93. The van der Waals surface area contributed by atoms with Gasteiger partial charge in [0, 0.05) is 48.9 Å². The third-order valence-corrected chi connectivity index (χ3v) is 5.93. The zero-order valence-corrected chi connectivity index (χ0v) is 19.7. The lowest BCUT2D eigenvalue weighted by Gasteiger charge is -2.16. The van der Waals surface area contributed by atoms with Crippen LogP contribution in [-0.4, -0.2) is 34.2 Å². The van der Waals surface area contributed by atoms with Crippen molar-refractivity contribution < 1.29 is 18.0 Å². The predicted molar refractivity (Wildman–Crippen MR) is 133 cm³/mol. The molecule has 0 aliphatic carbocycles. The minimum atomic E-state index is -4.53. The van der Waals surface area contributed by atoms with Crippen LogP contribution in [0.2, 0.25) is 0 Å². The van der Waals surface area contributed by atoms with Crippen LogP contribution in [0, 0.1) is 0 Å². The van der Waals surface area contributed by atoms with Gasteiger partial charge >= 0.3 is 6.18 Å². The van der Waals surface area contributed by atoms with Crippen LogP contribution in [0.4, 0.5) is 18.9 Å². The molecule has 1 unspecified atom stereocenters. The molecule has 0 spiro atoms. The molecule has 0 bridgehead atoms. The number of nitrogens with two attached hydrogens (primary N) is 1. The van der Waals surface area contributed by atoms with Gasteiger partial charge in [0.25, 0.3) is 0 Å². The topological polar surface area (TPSA) is 109 Å². The largest absolute Gasteiger partial charge is 0.416 e. The number of halogens is 3. The van der Waals surface area contributed by atoms with Gasteiger partial charge in [-0.2, -0.15) is 18.3 Å². The van der Waals surface area contributed by atoms with Gasteiger partial charge < -0.3 is 16.4 Å². The van der Waals surface area contributed by atoms with E-state index in [2.05, 4.69) is 25.8 Å². The normalized spacial score (nSPS) is 12.6. The molecule has 2 heterocycles. The second-order valence-corrected chi connectivity index (χ2v) is 8.64. The number of alkyl halides is 3. The molecule has 10 heteroatoms. The van der Waals surface area contributed by atoms with E-state index in [1.54, 1.807) is 12.4 Å². The molecule has 36 heavy (non-hydrogen) atoms. The smallest absolute Gasteiger partial charge is 0.329 e. The number of hydrogen-bond donors (Lipinski definition) is 4. The van der Waals surface area contributed by atoms with E-state index in [1.807, 2.05) is 37.3 Å². The Balaban J connectivity index is 1.40. The van der Waals surface area contributed by atoms with E-state index in [9.17, 15) is 18.0 Å². The predicted octanol–water partition coefficient (Wildman–Crippen LogP) is 4.82. The van der Waals surface area contributed by atoms with Gasteiger partial charge in [-0.3, -0.25) is 9.89 Å². The first kappa shape index (κ1) is 25.3. The summed E-state index contributed by atoms with van der Waals surface area (Å²) in [5.74, 6) is -0.487. The second kappa shape index (κ2) is 10.9. The number of carbonyl (C=O) groups excluding carboxylic acids is 1. The van der Waals surface area contributed by atoms with Crippen LogP contribution in [0.5, 0.6) is 0 Å². The number of aromatic amines is 1. The average Bonchev–Trinajstić information content (AvgIpc) is 3.32. The number of aromatic nitrogens is 3. The lowest BCUT2D eigenvalue weighted by molar-refractivity contribution is -0.138. The number of nitrogens with zero attached hydrogens (tertiary/aromatic N) is 2. The maximum atomic E-state index is 13.5. The van der Waals surface area contributed by atoms with Crippen molar-refractivity contribution in [1.82, 2.24) is 20.5 Å². The number of H-pyrrole nitrogens is 1. The maximum absolute atomic E-state index is 13.5. The Bertz CT molecular complexity index is 1330. The van der Waals surface area contributed by atoms with Crippen LogP contribution < -0.4 is 16.4 Å². The summed E-state index contributed by atoms with van der Waals surface area (Å²) in [5, 5.41) is 13.2. The Labute approximate surface area is 206 Å². The van der Waals surface area contributed by atoms with Crippen LogP contribution in [0.3, 0.4) is 0 Å². The van der Waals surface area contributed by atoms with E-state index in [0.717, 1.165) is 33.8 Å². The van der Waals surface area contributed by atoms with Gasteiger partial charge in [0.2, 0.25) is 5.91 Å². The standard InChI is InChI=1S/C26H27F3N6O/c1-16(17-2-4-18(5-3-17)20-11-21-15-33-35-25(21)32-14-20)10-24(36)34-22-7-6-19(13-31-9-8-30)23(12-22)26(27,28)29/h2-7,11-12,14-16,31H,8-10,13,30H2,1H3,(H,34,36)(H,32,33,35). The SMILES string of the molecule is CC(CC(=O)Nc1ccc(CNCCN)c(C(F)(F)F)c1)c1ccc(-c2cnc3[nH]ncc3c2)cc1. The molecule has 0 saturated heterocycles. The molecule has 7 nitrogen and oxygen atoms in total. The van der Waals surface area contributed by atoms with Crippen molar-refractivity contribution in [2.24, 2.45) is 5.73 Å². The average molecular weight is 497 g/mol. The summed E-state index contributed by atoms with van der Waals surface area (Å²) in [4.78, 5) is 17.0. The highest BCUT2D eigenvalue weighted by molar-refractivity contribution is 5.91. The highest BCUT2D eigenvalue weighted by Gasteiger charge is 2.33. The number of anilines is 1. The van der Waals surface area contributed by atoms with Gasteiger partial charge in [0.1, 0.15) is 0 Å². The summed E-state index contributed by atoms with van der Waals surface area (Å²) in [6, 6.07) is 13.6. The van der Waals surface area contributed by atoms with Crippen molar-refractivity contribution >= 4 is 22.6 Å². The monoisotopic (exact) mass is 496 g/mol. The van der Waals surface area contributed by atoms with Crippen molar-refractivity contribution in [2.75, 3.05) is 18.4 Å². The molecular formula is C26H27F3N6O. The van der Waals surface area contributed by atoms with Crippen LogP contribution in [-0.2, 0) is 17.5 Å². The van der Waals surface area contributed by atoms with E-state index in [0.29, 0.717) is 13.1 Å². The fourth-order valence-corrected chi connectivity index (χ4v) is 4.00. The van der Waals surface area contributed by atoms with Gasteiger partial charge in [-0.25, -0.2) is 4.98 Å². The third kappa shape index (κ3) is 6.07. The van der Waals surface area contributed by atoms with Crippen LogP contribution in [0.1, 0.15) is 36.0 Å². The van der Waals surface area contributed by atoms with E-state index < -0.39 is 11.7 Å². The first-order valence-corrected chi connectivity index (χ1v) is 11.5. The summed E-state index contributed by atoms with van der Waals surface area (Å²) in [7, 11) is 0. The van der Waals surface area contributed by atoms with Crippen molar-refractivity contribution in [3.63, 3.8) is 0 Å². The lowest BCUT2D eigenvalue weighted by Crippen LogP contribution is -2.24. The zero-order chi connectivity index (χ0) is 25.7. The number of amides is 1. The number of pyridine rings is 1. The van der Waals surface area contributed by atoms with Crippen molar-refractivity contribution in [3.8, 4) is 11.1 Å². The molecule has 2 aromatic heterocycles. The molecule has 4 rings (SSSR count). The first-order chi connectivity index (χ1) is 17.2. The van der Waals surface area contributed by atoms with Gasteiger partial charge in [-0.15, -0.1) is 0 Å². The molecule has 188 valence electrons. The minimum Gasteiger partial charge on any atom is -0.329 e. The molecule has 4 aromatic rings. The molecule has 0 saturated carbocycles. The van der Waals surface area contributed by atoms with E-state index in [-0.39, 0.29) is 36.0 Å². The van der Waals surface area contributed by atoms with Crippen LogP contribution in [0.25, 0.3) is 22.2 Å². The molecule has 0 fully saturated rings. The second-order valence-electron chi connectivity index (χ2n) is 8.64. The Hall–Kier alpha value is -3.76. The van der Waals surface area contributed by atoms with Crippen molar-refractivity contribution in [2.45, 2.75) is 32.0 Å². The fourth-order valence-electron chi connectivity index (χ4n) is 4.00. The Morgan fingerprint density at radius 1 is 1.08 bits per heavy atom. The highest BCUT2D eigenvalue weighted by Crippen LogP contribution is 2.34. The number of rotatable bonds is 9. The van der Waals surface area contributed by atoms with Gasteiger partial charge in [-0.05, 0) is 40.8 Å².